The van der Waals surface area contributed by atoms with Crippen molar-refractivity contribution in [2.24, 2.45) is 0 Å². The van der Waals surface area contributed by atoms with Gasteiger partial charge in [0.15, 0.2) is 11.5 Å². The number of hydrogen-bond donors (Lipinski definition) is 1. The number of amides is 1. The van der Waals surface area contributed by atoms with Gasteiger partial charge in [0, 0.05) is 28.3 Å². The summed E-state index contributed by atoms with van der Waals surface area (Å²) in [6, 6.07) is 11.1. The first-order valence-corrected chi connectivity index (χ1v) is 8.77. The van der Waals surface area contributed by atoms with Crippen molar-refractivity contribution in [2.75, 3.05) is 32.9 Å². The predicted molar refractivity (Wildman–Crippen MR) is 102 cm³/mol. The fraction of sp³-hybridized carbons (Fsp3) is 0.211. The quantitative estimate of drug-likeness (QED) is 0.596. The minimum atomic E-state index is -0.227. The van der Waals surface area contributed by atoms with Gasteiger partial charge in [0.2, 0.25) is 5.91 Å². The molecule has 132 valence electrons. The van der Waals surface area contributed by atoms with Crippen LogP contribution in [0.25, 0.3) is 6.08 Å². The highest BCUT2D eigenvalue weighted by Gasteiger charge is 2.10. The van der Waals surface area contributed by atoms with Gasteiger partial charge in [-0.1, -0.05) is 6.07 Å². The van der Waals surface area contributed by atoms with Crippen LogP contribution in [0.4, 0.5) is 5.69 Å². The molecule has 0 radical (unpaired) electrons. The summed E-state index contributed by atoms with van der Waals surface area (Å²) in [5.74, 6) is 1.49. The number of ether oxygens (including phenoxy) is 3. The molecule has 0 heterocycles. The third kappa shape index (κ3) is 4.93. The fourth-order valence-corrected chi connectivity index (χ4v) is 2.69. The SMILES string of the molecule is COc1cc(OC)c(OC)cc1/C=C/C(=O)Nc1cccc(SC)c1. The maximum absolute atomic E-state index is 12.2. The zero-order chi connectivity index (χ0) is 18.2. The number of rotatable bonds is 7. The lowest BCUT2D eigenvalue weighted by atomic mass is 10.1. The molecule has 6 heteroatoms. The molecular formula is C19H21NO4S. The molecule has 2 aromatic carbocycles. The molecule has 0 unspecified atom stereocenters. The minimum absolute atomic E-state index is 0.227. The average molecular weight is 359 g/mol. The molecule has 0 aliphatic carbocycles. The van der Waals surface area contributed by atoms with Crippen LogP contribution in [0.3, 0.4) is 0 Å². The molecule has 5 nitrogen and oxygen atoms in total. The molecule has 2 aromatic rings. The van der Waals surface area contributed by atoms with Crippen molar-refractivity contribution >= 4 is 29.4 Å². The second kappa shape index (κ2) is 9.03. The Bertz CT molecular complexity index is 774. The van der Waals surface area contributed by atoms with E-state index in [4.69, 9.17) is 14.2 Å². The van der Waals surface area contributed by atoms with Crippen LogP contribution in [-0.2, 0) is 4.79 Å². The van der Waals surface area contributed by atoms with Crippen LogP contribution >= 0.6 is 11.8 Å². The van der Waals surface area contributed by atoms with E-state index < -0.39 is 0 Å². The van der Waals surface area contributed by atoms with Gasteiger partial charge >= 0.3 is 0 Å². The molecule has 0 atom stereocenters. The second-order valence-corrected chi connectivity index (χ2v) is 5.88. The number of methoxy groups -OCH3 is 3. The van der Waals surface area contributed by atoms with Crippen molar-refractivity contribution in [3.8, 4) is 17.2 Å². The normalized spacial score (nSPS) is 10.6. The number of hydrogen-bond acceptors (Lipinski definition) is 5. The van der Waals surface area contributed by atoms with Crippen LogP contribution in [0, 0.1) is 0 Å². The van der Waals surface area contributed by atoms with E-state index in [1.807, 2.05) is 30.5 Å². The predicted octanol–water partition coefficient (Wildman–Crippen LogP) is 4.09. The standard InChI is InChI=1S/C19H21NO4S/c1-22-16-12-18(24-3)17(23-2)10-13(16)8-9-19(21)20-14-6-5-7-15(11-14)25-4/h5-12H,1-4H3,(H,20,21)/b9-8+. The van der Waals surface area contributed by atoms with Crippen LogP contribution in [-0.4, -0.2) is 33.5 Å². The number of carbonyl (C=O) groups excluding carboxylic acids is 1. The molecular weight excluding hydrogens is 338 g/mol. The summed E-state index contributed by atoms with van der Waals surface area (Å²) >= 11 is 1.62. The summed E-state index contributed by atoms with van der Waals surface area (Å²) in [6.45, 7) is 0. The van der Waals surface area contributed by atoms with Gasteiger partial charge in [-0.25, -0.2) is 0 Å². The summed E-state index contributed by atoms with van der Waals surface area (Å²) in [6.07, 6.45) is 5.12. The van der Waals surface area contributed by atoms with E-state index in [-0.39, 0.29) is 5.91 Å². The van der Waals surface area contributed by atoms with Gasteiger partial charge in [0.25, 0.3) is 0 Å². The van der Waals surface area contributed by atoms with Crippen LogP contribution in [0.1, 0.15) is 5.56 Å². The zero-order valence-electron chi connectivity index (χ0n) is 14.7. The fourth-order valence-electron chi connectivity index (χ4n) is 2.23. The molecule has 2 rings (SSSR count). The first-order chi connectivity index (χ1) is 12.1. The van der Waals surface area contributed by atoms with E-state index in [0.717, 1.165) is 10.6 Å². The van der Waals surface area contributed by atoms with Gasteiger partial charge in [-0.05, 0) is 36.6 Å². The maximum Gasteiger partial charge on any atom is 0.248 e. The summed E-state index contributed by atoms with van der Waals surface area (Å²) in [5, 5.41) is 2.84. The Kier molecular flexibility index (Phi) is 6.77. The topological polar surface area (TPSA) is 56.8 Å². The molecule has 0 aromatic heterocycles. The van der Waals surface area contributed by atoms with Gasteiger partial charge in [-0.3, -0.25) is 4.79 Å². The number of benzene rings is 2. The van der Waals surface area contributed by atoms with Gasteiger partial charge in [0.05, 0.1) is 21.3 Å². The van der Waals surface area contributed by atoms with Crippen LogP contribution in [0.2, 0.25) is 0 Å². The van der Waals surface area contributed by atoms with Crippen LogP contribution < -0.4 is 19.5 Å². The highest BCUT2D eigenvalue weighted by molar-refractivity contribution is 7.98. The third-order valence-corrected chi connectivity index (χ3v) is 4.21. The van der Waals surface area contributed by atoms with Crippen molar-refractivity contribution in [1.82, 2.24) is 0 Å². The van der Waals surface area contributed by atoms with E-state index in [0.29, 0.717) is 22.8 Å². The van der Waals surface area contributed by atoms with Crippen molar-refractivity contribution in [1.29, 1.82) is 0 Å². The van der Waals surface area contributed by atoms with Gasteiger partial charge in [0.1, 0.15) is 5.75 Å². The molecule has 0 aliphatic heterocycles. The Hall–Kier alpha value is -2.60. The molecule has 0 saturated heterocycles. The summed E-state index contributed by atoms with van der Waals surface area (Å²) in [7, 11) is 4.68. The van der Waals surface area contributed by atoms with E-state index in [2.05, 4.69) is 5.32 Å². The number of nitrogens with one attached hydrogen (secondary N) is 1. The van der Waals surface area contributed by atoms with Gasteiger partial charge < -0.3 is 19.5 Å². The summed E-state index contributed by atoms with van der Waals surface area (Å²) in [5.41, 5.74) is 1.47. The molecule has 0 saturated carbocycles. The lowest BCUT2D eigenvalue weighted by Crippen LogP contribution is -2.07. The summed E-state index contributed by atoms with van der Waals surface area (Å²) < 4.78 is 15.9. The molecule has 1 amide bonds. The lowest BCUT2D eigenvalue weighted by Gasteiger charge is -2.12. The molecule has 0 bridgehead atoms. The Balaban J connectivity index is 2.18. The van der Waals surface area contributed by atoms with Crippen molar-refractivity contribution < 1.29 is 19.0 Å². The van der Waals surface area contributed by atoms with Crippen molar-refractivity contribution in [3.63, 3.8) is 0 Å². The lowest BCUT2D eigenvalue weighted by molar-refractivity contribution is -0.111. The first kappa shape index (κ1) is 18.7. The number of thioether (sulfide) groups is 1. The second-order valence-electron chi connectivity index (χ2n) is 5.00. The van der Waals surface area contributed by atoms with E-state index in [9.17, 15) is 4.79 Å². The highest BCUT2D eigenvalue weighted by Crippen LogP contribution is 2.35. The first-order valence-electron chi connectivity index (χ1n) is 7.54. The molecule has 0 spiro atoms. The van der Waals surface area contributed by atoms with Crippen molar-refractivity contribution in [3.05, 3.63) is 48.0 Å². The van der Waals surface area contributed by atoms with Gasteiger partial charge in [-0.2, -0.15) is 0 Å². The molecule has 0 aliphatic rings. The smallest absolute Gasteiger partial charge is 0.248 e. The Morgan fingerprint density at radius 3 is 2.32 bits per heavy atom. The zero-order valence-corrected chi connectivity index (χ0v) is 15.5. The largest absolute Gasteiger partial charge is 0.496 e. The van der Waals surface area contributed by atoms with Crippen LogP contribution in [0.15, 0.2) is 47.4 Å². The molecule has 1 N–H and O–H groups in total. The summed E-state index contributed by atoms with van der Waals surface area (Å²) in [4.78, 5) is 13.2. The number of anilines is 1. The third-order valence-electron chi connectivity index (χ3n) is 3.49. The van der Waals surface area contributed by atoms with Crippen LogP contribution in [0.5, 0.6) is 17.2 Å². The monoisotopic (exact) mass is 359 g/mol. The van der Waals surface area contributed by atoms with E-state index in [1.165, 1.54) is 6.08 Å². The molecule has 0 fully saturated rings. The Labute approximate surface area is 152 Å². The Morgan fingerprint density at radius 2 is 1.68 bits per heavy atom. The van der Waals surface area contributed by atoms with Gasteiger partial charge in [-0.15, -0.1) is 11.8 Å². The van der Waals surface area contributed by atoms with Crippen molar-refractivity contribution in [2.45, 2.75) is 4.90 Å². The van der Waals surface area contributed by atoms with E-state index >= 15 is 0 Å². The highest BCUT2D eigenvalue weighted by atomic mass is 32.2. The minimum Gasteiger partial charge on any atom is -0.496 e. The Morgan fingerprint density at radius 1 is 1.00 bits per heavy atom. The number of carbonyl (C=O) groups is 1. The molecule has 25 heavy (non-hydrogen) atoms. The van der Waals surface area contributed by atoms with E-state index in [1.54, 1.807) is 51.3 Å². The maximum atomic E-state index is 12.2. The average Bonchev–Trinajstić information content (AvgIpc) is 2.65.